The summed E-state index contributed by atoms with van der Waals surface area (Å²) in [7, 11) is 0. The Balaban J connectivity index is 1.60. The third-order valence-corrected chi connectivity index (χ3v) is 4.68. The van der Waals surface area contributed by atoms with Crippen molar-refractivity contribution in [1.29, 1.82) is 0 Å². The molecular weight excluding hydrogens is 284 g/mol. The van der Waals surface area contributed by atoms with E-state index in [0.29, 0.717) is 25.9 Å². The van der Waals surface area contributed by atoms with Crippen LogP contribution in [0.4, 0.5) is 4.79 Å². The first-order valence-electron chi connectivity index (χ1n) is 7.65. The normalized spacial score (nSPS) is 21.5. The van der Waals surface area contributed by atoms with Gasteiger partial charge in [-0.1, -0.05) is 12.1 Å². The fraction of sp³-hybridized carbons (Fsp3) is 0.500. The van der Waals surface area contributed by atoms with Gasteiger partial charge >= 0.3 is 12.0 Å². The topological polar surface area (TPSA) is 89.9 Å². The summed E-state index contributed by atoms with van der Waals surface area (Å²) in [4.78, 5) is 24.9. The van der Waals surface area contributed by atoms with Crippen LogP contribution in [0, 0.1) is 5.92 Å². The molecule has 1 aliphatic heterocycles. The molecule has 0 spiro atoms. The van der Waals surface area contributed by atoms with Crippen LogP contribution in [0.1, 0.15) is 36.4 Å². The maximum absolute atomic E-state index is 12.3. The molecule has 1 aliphatic carbocycles. The largest absolute Gasteiger partial charge is 0.508 e. The lowest BCUT2D eigenvalue weighted by Gasteiger charge is -2.31. The Morgan fingerprint density at radius 3 is 2.59 bits per heavy atom. The van der Waals surface area contributed by atoms with Gasteiger partial charge in [0.1, 0.15) is 5.75 Å². The van der Waals surface area contributed by atoms with E-state index in [9.17, 15) is 14.7 Å². The highest BCUT2D eigenvalue weighted by Gasteiger charge is 2.30. The van der Waals surface area contributed by atoms with Gasteiger partial charge in [0.25, 0.3) is 0 Å². The van der Waals surface area contributed by atoms with Gasteiger partial charge in [-0.25, -0.2) is 4.79 Å². The van der Waals surface area contributed by atoms with Crippen molar-refractivity contribution in [2.45, 2.75) is 31.7 Å². The van der Waals surface area contributed by atoms with Gasteiger partial charge in [0.2, 0.25) is 0 Å². The maximum Gasteiger partial charge on any atom is 0.317 e. The Hall–Kier alpha value is -2.24. The highest BCUT2D eigenvalue weighted by molar-refractivity contribution is 5.76. The first-order valence-corrected chi connectivity index (χ1v) is 7.65. The van der Waals surface area contributed by atoms with Gasteiger partial charge in [0, 0.05) is 13.1 Å². The van der Waals surface area contributed by atoms with Crippen LogP contribution in [-0.4, -0.2) is 40.2 Å². The van der Waals surface area contributed by atoms with Crippen LogP contribution in [0.15, 0.2) is 18.2 Å². The SMILES string of the molecule is O=C(O)C1CCN(C(=O)NC2CCc3c(O)cccc32)CC1. The van der Waals surface area contributed by atoms with Crippen LogP contribution >= 0.6 is 0 Å². The van der Waals surface area contributed by atoms with Crippen LogP contribution in [0.2, 0.25) is 0 Å². The zero-order chi connectivity index (χ0) is 15.7. The third kappa shape index (κ3) is 2.73. The second kappa shape index (κ2) is 5.87. The number of carbonyl (C=O) groups is 2. The highest BCUT2D eigenvalue weighted by Crippen LogP contribution is 2.36. The molecule has 1 fully saturated rings. The summed E-state index contributed by atoms with van der Waals surface area (Å²) in [6.07, 6.45) is 2.55. The quantitative estimate of drug-likeness (QED) is 0.778. The van der Waals surface area contributed by atoms with Crippen molar-refractivity contribution in [3.63, 3.8) is 0 Å². The lowest BCUT2D eigenvalue weighted by Crippen LogP contribution is -2.46. The number of aromatic hydroxyl groups is 1. The molecule has 1 aromatic rings. The summed E-state index contributed by atoms with van der Waals surface area (Å²) >= 11 is 0. The number of nitrogens with one attached hydrogen (secondary N) is 1. The third-order valence-electron chi connectivity index (χ3n) is 4.68. The number of urea groups is 1. The number of hydrogen-bond donors (Lipinski definition) is 3. The van der Waals surface area contributed by atoms with Gasteiger partial charge in [-0.05, 0) is 42.9 Å². The molecule has 2 aliphatic rings. The second-order valence-electron chi connectivity index (χ2n) is 5.99. The summed E-state index contributed by atoms with van der Waals surface area (Å²) in [6.45, 7) is 0.949. The van der Waals surface area contributed by atoms with Gasteiger partial charge in [0.15, 0.2) is 0 Å². The second-order valence-corrected chi connectivity index (χ2v) is 5.99. The number of likely N-dealkylation sites (tertiary alicyclic amines) is 1. The van der Waals surface area contributed by atoms with E-state index in [4.69, 9.17) is 5.11 Å². The van der Waals surface area contributed by atoms with Gasteiger partial charge in [-0.2, -0.15) is 0 Å². The Labute approximate surface area is 128 Å². The number of carboxylic acids is 1. The predicted molar refractivity (Wildman–Crippen MR) is 79.6 cm³/mol. The molecule has 2 amide bonds. The molecule has 6 nitrogen and oxygen atoms in total. The van der Waals surface area contributed by atoms with E-state index in [1.807, 2.05) is 6.07 Å². The maximum atomic E-state index is 12.3. The van der Waals surface area contributed by atoms with E-state index in [0.717, 1.165) is 24.0 Å². The Morgan fingerprint density at radius 2 is 1.91 bits per heavy atom. The summed E-state index contributed by atoms with van der Waals surface area (Å²) < 4.78 is 0. The Kier molecular flexibility index (Phi) is 3.92. The summed E-state index contributed by atoms with van der Waals surface area (Å²) in [5.74, 6) is -0.829. The number of rotatable bonds is 2. The number of carboxylic acid groups (broad SMARTS) is 1. The summed E-state index contributed by atoms with van der Waals surface area (Å²) in [6, 6.07) is 5.16. The Morgan fingerprint density at radius 1 is 1.18 bits per heavy atom. The van der Waals surface area contributed by atoms with Crippen LogP contribution in [0.25, 0.3) is 0 Å². The van der Waals surface area contributed by atoms with Crippen molar-refractivity contribution >= 4 is 12.0 Å². The smallest absolute Gasteiger partial charge is 0.317 e. The van der Waals surface area contributed by atoms with Crippen LogP contribution in [0.5, 0.6) is 5.75 Å². The number of fused-ring (bicyclic) bond motifs is 1. The van der Waals surface area contributed by atoms with Gasteiger partial charge in [0.05, 0.1) is 12.0 Å². The number of hydrogen-bond acceptors (Lipinski definition) is 3. The van der Waals surface area contributed by atoms with Gasteiger partial charge < -0.3 is 20.4 Å². The summed E-state index contributed by atoms with van der Waals surface area (Å²) in [5.41, 5.74) is 1.89. The zero-order valence-corrected chi connectivity index (χ0v) is 12.3. The zero-order valence-electron chi connectivity index (χ0n) is 12.3. The minimum atomic E-state index is -0.778. The fourth-order valence-electron chi connectivity index (χ4n) is 3.35. The molecule has 0 bridgehead atoms. The molecule has 3 rings (SSSR count). The molecule has 0 aromatic heterocycles. The molecule has 1 unspecified atom stereocenters. The molecule has 1 atom stereocenters. The van der Waals surface area contributed by atoms with E-state index in [1.165, 1.54) is 0 Å². The van der Waals surface area contributed by atoms with E-state index in [1.54, 1.807) is 17.0 Å². The number of benzene rings is 1. The lowest BCUT2D eigenvalue weighted by molar-refractivity contribution is -0.143. The number of phenols is 1. The average Bonchev–Trinajstić information content (AvgIpc) is 2.92. The van der Waals surface area contributed by atoms with Crippen molar-refractivity contribution < 1.29 is 19.8 Å². The number of piperidine rings is 1. The molecular formula is C16H20N2O4. The van der Waals surface area contributed by atoms with Crippen LogP contribution in [-0.2, 0) is 11.2 Å². The van der Waals surface area contributed by atoms with E-state index >= 15 is 0 Å². The van der Waals surface area contributed by atoms with Gasteiger partial charge in [-0.3, -0.25) is 4.79 Å². The molecule has 0 saturated carbocycles. The van der Waals surface area contributed by atoms with Crippen molar-refractivity contribution in [3.8, 4) is 5.75 Å². The van der Waals surface area contributed by atoms with Gasteiger partial charge in [-0.15, -0.1) is 0 Å². The van der Waals surface area contributed by atoms with Crippen LogP contribution < -0.4 is 5.32 Å². The van der Waals surface area contributed by atoms with Crippen molar-refractivity contribution in [3.05, 3.63) is 29.3 Å². The van der Waals surface area contributed by atoms with Crippen LogP contribution in [0.3, 0.4) is 0 Å². The molecule has 118 valence electrons. The number of phenolic OH excluding ortho intramolecular Hbond substituents is 1. The number of nitrogens with zero attached hydrogens (tertiary/aromatic N) is 1. The average molecular weight is 304 g/mol. The monoisotopic (exact) mass is 304 g/mol. The standard InChI is InChI=1S/C16H20N2O4/c19-14-3-1-2-11-12(14)4-5-13(11)17-16(22)18-8-6-10(7-9-18)15(20)21/h1-3,10,13,19H,4-9H2,(H,17,22)(H,20,21). The molecule has 1 heterocycles. The molecule has 3 N–H and O–H groups in total. The molecule has 22 heavy (non-hydrogen) atoms. The first kappa shape index (κ1) is 14.7. The number of aliphatic carboxylic acids is 1. The predicted octanol–water partition coefficient (Wildman–Crippen LogP) is 1.89. The van der Waals surface area contributed by atoms with Crippen molar-refractivity contribution in [2.24, 2.45) is 5.92 Å². The summed E-state index contributed by atoms with van der Waals surface area (Å²) in [5, 5.41) is 21.8. The number of carbonyl (C=O) groups excluding carboxylic acids is 1. The Bertz CT molecular complexity index is 594. The minimum Gasteiger partial charge on any atom is -0.508 e. The van der Waals surface area contributed by atoms with E-state index in [-0.39, 0.29) is 23.7 Å². The molecule has 1 saturated heterocycles. The molecule has 0 radical (unpaired) electrons. The van der Waals surface area contributed by atoms with Crippen molar-refractivity contribution in [2.75, 3.05) is 13.1 Å². The number of amides is 2. The lowest BCUT2D eigenvalue weighted by atomic mass is 9.97. The van der Waals surface area contributed by atoms with Crippen molar-refractivity contribution in [1.82, 2.24) is 10.2 Å². The molecule has 6 heteroatoms. The van der Waals surface area contributed by atoms with E-state index in [2.05, 4.69) is 5.32 Å². The first-order chi connectivity index (χ1) is 10.6. The fourth-order valence-corrected chi connectivity index (χ4v) is 3.35. The minimum absolute atomic E-state index is 0.0770. The van der Waals surface area contributed by atoms with E-state index < -0.39 is 5.97 Å². The molecule has 1 aromatic carbocycles. The highest BCUT2D eigenvalue weighted by atomic mass is 16.4.